The van der Waals surface area contributed by atoms with E-state index in [1.54, 1.807) is 51.8 Å². The number of aromatic nitrogens is 6. The minimum Gasteiger partial charge on any atom is -0.507 e. The van der Waals surface area contributed by atoms with Gasteiger partial charge in [0.05, 0.1) is 84.3 Å². The van der Waals surface area contributed by atoms with E-state index >= 15 is 0 Å². The Morgan fingerprint density at radius 3 is 1.81 bits per heavy atom. The summed E-state index contributed by atoms with van der Waals surface area (Å²) < 4.78 is 41.0. The highest BCUT2D eigenvalue weighted by molar-refractivity contribution is 6.13. The fraction of sp³-hybridized carbons (Fsp3) is 0.218. The second kappa shape index (κ2) is 17.7. The van der Waals surface area contributed by atoms with Crippen molar-refractivity contribution in [2.45, 2.75) is 18.4 Å². The minimum atomic E-state index is -0.282. The van der Waals surface area contributed by atoms with Crippen molar-refractivity contribution in [3.63, 3.8) is 0 Å². The van der Waals surface area contributed by atoms with Gasteiger partial charge in [-0.25, -0.2) is 9.97 Å². The van der Waals surface area contributed by atoms with E-state index in [1.165, 1.54) is 20.5 Å². The van der Waals surface area contributed by atoms with E-state index in [4.69, 9.17) is 38.6 Å². The molecule has 5 N–H and O–H groups in total. The van der Waals surface area contributed by atoms with E-state index in [9.17, 15) is 14.7 Å². The molecule has 0 spiro atoms. The minimum absolute atomic E-state index is 0.0898. The summed E-state index contributed by atoms with van der Waals surface area (Å²) >= 11 is 0. The molecule has 3 aliphatic rings. The number of nitrogens with one attached hydrogen (secondary N) is 4. The molecule has 74 heavy (non-hydrogen) atoms. The molecule has 7 heterocycles. The summed E-state index contributed by atoms with van der Waals surface area (Å²) in [5, 5.41) is 24.9. The molecular weight excluding hydrogens is 947 g/mol. The third-order valence-corrected chi connectivity index (χ3v) is 14.4. The number of ether oxygens (including phenoxy) is 7. The molecule has 2 amide bonds. The fourth-order valence-electron chi connectivity index (χ4n) is 11.0. The highest BCUT2D eigenvalue weighted by Gasteiger charge is 2.41. The van der Waals surface area contributed by atoms with Gasteiger partial charge >= 0.3 is 0 Å². The van der Waals surface area contributed by atoms with Crippen molar-refractivity contribution in [2.75, 3.05) is 72.2 Å². The molecule has 19 nitrogen and oxygen atoms in total. The summed E-state index contributed by atoms with van der Waals surface area (Å²) in [6.45, 7) is 1.87. The van der Waals surface area contributed by atoms with Gasteiger partial charge in [-0.1, -0.05) is 48.5 Å². The summed E-state index contributed by atoms with van der Waals surface area (Å²) in [7, 11) is 9.31. The van der Waals surface area contributed by atoms with Crippen LogP contribution in [0.15, 0.2) is 97.6 Å². The van der Waals surface area contributed by atoms with Crippen molar-refractivity contribution >= 4 is 77.7 Å². The van der Waals surface area contributed by atoms with Crippen molar-refractivity contribution in [1.29, 1.82) is 5.41 Å². The largest absolute Gasteiger partial charge is 0.507 e. The number of methoxy groups -OCH3 is 6. The van der Waals surface area contributed by atoms with Crippen LogP contribution in [0.3, 0.4) is 0 Å². The van der Waals surface area contributed by atoms with Crippen LogP contribution in [0.2, 0.25) is 0 Å². The first-order valence-corrected chi connectivity index (χ1v) is 23.7. The van der Waals surface area contributed by atoms with E-state index in [2.05, 4.69) is 43.1 Å². The van der Waals surface area contributed by atoms with Gasteiger partial charge in [-0.3, -0.25) is 15.0 Å². The van der Waals surface area contributed by atoms with Crippen molar-refractivity contribution in [1.82, 2.24) is 29.5 Å². The average Bonchev–Trinajstić information content (AvgIpc) is 4.31. The molecule has 10 aromatic rings. The van der Waals surface area contributed by atoms with Gasteiger partial charge in [0.25, 0.3) is 11.8 Å². The van der Waals surface area contributed by atoms with Gasteiger partial charge in [-0.05, 0) is 47.2 Å². The van der Waals surface area contributed by atoms with Gasteiger partial charge in [0, 0.05) is 64.1 Å². The Hall–Kier alpha value is -9.39. The standard InChI is InChI=1S/C30H27N7O5.C25H22N2O5/c1-40-21-10-16-8-19(35-23(16)27(42-3)26(21)41-2)30(39)37-12-17(11-36-14-34-28(31)24-29(36)33-13-32-24)22-20(37)9-15-6-4-5-7-18(15)25(22)38;1-29-19-10-14-8-17(26-21(14)24(31-3)23(19)30-2)25(28)27-11-15-12-32-22-16-7-5-4-6-13(16)9-18(27)20(15)22/h4-10,13-14,17,31,35,38H,11-12H2,1-3H3,(H,32,33);4-10,15,26H,11-12H2,1-3H3. The molecule has 0 fully saturated rings. The molecule has 0 aliphatic carbocycles. The second-order valence-electron chi connectivity index (χ2n) is 18.2. The monoisotopic (exact) mass is 995 g/mol. The summed E-state index contributed by atoms with van der Waals surface area (Å²) in [4.78, 5) is 49.4. The molecule has 374 valence electrons. The smallest absolute Gasteiger partial charge is 0.274 e. The molecule has 3 aliphatic heterocycles. The zero-order valence-corrected chi connectivity index (χ0v) is 41.1. The SMILES string of the molecule is COc1cc2cc(C(=O)N3CC(Cn4cnc(=N)c5[nH]cnc54)c4c3cc3ccccc3c4O)[nH]c2c(OC)c1OC.COc1cc2cc(C(=O)N3CC4COc5c4c3cc3ccccc53)[nH]c2c(OC)c1OC. The van der Waals surface area contributed by atoms with E-state index < -0.39 is 0 Å². The number of phenols is 1. The van der Waals surface area contributed by atoms with Crippen LogP contribution in [0.4, 0.5) is 11.4 Å². The van der Waals surface area contributed by atoms with Crippen molar-refractivity contribution < 1.29 is 47.9 Å². The molecule has 13 rings (SSSR count). The quantitative estimate of drug-likeness (QED) is 0.0869. The molecule has 2 atom stereocenters. The highest BCUT2D eigenvalue weighted by Crippen LogP contribution is 2.52. The van der Waals surface area contributed by atoms with Crippen LogP contribution in [-0.2, 0) is 6.54 Å². The number of carbonyl (C=O) groups excluding carboxylic acids is 2. The van der Waals surface area contributed by atoms with Crippen molar-refractivity contribution in [2.24, 2.45) is 0 Å². The Morgan fingerprint density at radius 1 is 0.662 bits per heavy atom. The van der Waals surface area contributed by atoms with Crippen LogP contribution in [0.1, 0.15) is 43.9 Å². The molecule has 2 unspecified atom stereocenters. The number of aromatic amines is 3. The van der Waals surface area contributed by atoms with Gasteiger partial charge in [0.15, 0.2) is 34.1 Å². The zero-order chi connectivity index (χ0) is 51.1. The van der Waals surface area contributed by atoms with Gasteiger partial charge in [0.1, 0.15) is 28.4 Å². The Kier molecular flexibility index (Phi) is 11.0. The number of benzene rings is 6. The van der Waals surface area contributed by atoms with Crippen LogP contribution in [0.25, 0.3) is 54.5 Å². The number of aromatic hydroxyl groups is 1. The van der Waals surface area contributed by atoms with Gasteiger partial charge in [0.2, 0.25) is 11.5 Å². The number of phenolic OH excluding ortho intramolecular Hbond substituents is 1. The Morgan fingerprint density at radius 2 is 1.22 bits per heavy atom. The van der Waals surface area contributed by atoms with Gasteiger partial charge in [-0.15, -0.1) is 0 Å². The van der Waals surface area contributed by atoms with E-state index in [0.29, 0.717) is 111 Å². The molecule has 6 aromatic carbocycles. The lowest BCUT2D eigenvalue weighted by Gasteiger charge is -2.19. The molecule has 19 heteroatoms. The molecule has 0 saturated heterocycles. The van der Waals surface area contributed by atoms with E-state index in [0.717, 1.165) is 43.9 Å². The maximum Gasteiger partial charge on any atom is 0.274 e. The molecule has 0 bridgehead atoms. The fourth-order valence-corrected chi connectivity index (χ4v) is 11.0. The van der Waals surface area contributed by atoms with Crippen LogP contribution < -0.4 is 48.4 Å². The summed E-state index contributed by atoms with van der Waals surface area (Å²) in [6.07, 6.45) is 3.09. The van der Waals surface area contributed by atoms with Crippen LogP contribution in [0, 0.1) is 5.41 Å². The number of fused-ring (bicyclic) bond motifs is 7. The number of hydrogen-bond acceptors (Lipinski definition) is 13. The molecule has 0 saturated carbocycles. The first kappa shape index (κ1) is 45.7. The average molecular weight is 996 g/mol. The maximum atomic E-state index is 14.2. The molecule has 0 radical (unpaired) electrons. The van der Waals surface area contributed by atoms with Crippen LogP contribution >= 0.6 is 0 Å². The van der Waals surface area contributed by atoms with Gasteiger partial charge in [-0.2, -0.15) is 0 Å². The summed E-state index contributed by atoms with van der Waals surface area (Å²) in [5.74, 6) is 3.47. The number of rotatable bonds is 10. The number of anilines is 2. The lowest BCUT2D eigenvalue weighted by atomic mass is 9.96. The Bertz CT molecular complexity index is 4010. The summed E-state index contributed by atoms with van der Waals surface area (Å²) in [6, 6.07) is 27.0. The highest BCUT2D eigenvalue weighted by atomic mass is 16.5. The maximum absolute atomic E-state index is 14.2. The zero-order valence-electron chi connectivity index (χ0n) is 41.1. The third kappa shape index (κ3) is 6.97. The molecular formula is C55H49N9O10. The van der Waals surface area contributed by atoms with Gasteiger partial charge < -0.3 is 67.6 Å². The lowest BCUT2D eigenvalue weighted by molar-refractivity contribution is 0.0976. The normalized spacial score (nSPS) is 15.3. The first-order valence-electron chi connectivity index (χ1n) is 23.7. The topological polar surface area (TPSA) is 227 Å². The Labute approximate surface area is 421 Å². The summed E-state index contributed by atoms with van der Waals surface area (Å²) in [5.41, 5.74) is 6.68. The van der Waals surface area contributed by atoms with E-state index in [-0.39, 0.29) is 34.9 Å². The second-order valence-corrected chi connectivity index (χ2v) is 18.2. The molecule has 4 aromatic heterocycles. The number of hydrogen-bond donors (Lipinski definition) is 5. The number of nitrogens with zero attached hydrogens (tertiary/aromatic N) is 5. The number of amides is 2. The van der Waals surface area contributed by atoms with Crippen LogP contribution in [0.5, 0.6) is 46.0 Å². The van der Waals surface area contributed by atoms with Crippen LogP contribution in [-0.4, -0.2) is 109 Å². The third-order valence-electron chi connectivity index (χ3n) is 14.4. The number of carbonyl (C=O) groups is 2. The predicted molar refractivity (Wildman–Crippen MR) is 278 cm³/mol. The Balaban J connectivity index is 0.000000156. The lowest BCUT2D eigenvalue weighted by Crippen LogP contribution is -2.31. The van der Waals surface area contributed by atoms with Crippen molar-refractivity contribution in [3.05, 3.63) is 126 Å². The predicted octanol–water partition coefficient (Wildman–Crippen LogP) is 8.53. The first-order chi connectivity index (χ1) is 36.1. The van der Waals surface area contributed by atoms with E-state index in [1.807, 2.05) is 64.1 Å². The van der Waals surface area contributed by atoms with Crippen molar-refractivity contribution in [3.8, 4) is 46.0 Å². The number of H-pyrrole nitrogens is 3. The number of imidazole rings is 1.